The Morgan fingerprint density at radius 1 is 1.17 bits per heavy atom. The highest BCUT2D eigenvalue weighted by Crippen LogP contribution is 2.28. The minimum Gasteiger partial charge on any atom is -0.497 e. The Hall–Kier alpha value is -3.07. The minimum absolute atomic E-state index is 0.466. The summed E-state index contributed by atoms with van der Waals surface area (Å²) in [4.78, 5) is 4.47. The fourth-order valence-corrected chi connectivity index (χ4v) is 3.76. The standard InChI is InChI=1S/C21H23N5O3S/c1-14(2)10-19-22-18(25-29-19)13-30-21-24-23-20(15-6-4-7-16(11-15)27-3)26(21)12-17-8-5-9-28-17/h4-9,11,14H,10,12-13H2,1-3H3. The van der Waals surface area contributed by atoms with Crippen LogP contribution in [0.1, 0.15) is 31.3 Å². The van der Waals surface area contributed by atoms with E-state index in [-0.39, 0.29) is 0 Å². The predicted octanol–water partition coefficient (Wildman–Crippen LogP) is 4.47. The lowest BCUT2D eigenvalue weighted by molar-refractivity contribution is 0.360. The smallest absolute Gasteiger partial charge is 0.226 e. The van der Waals surface area contributed by atoms with Gasteiger partial charge in [-0.15, -0.1) is 10.2 Å². The number of rotatable bonds is 9. The molecular formula is C21H23N5O3S. The van der Waals surface area contributed by atoms with Gasteiger partial charge in [0.1, 0.15) is 11.5 Å². The van der Waals surface area contributed by atoms with Gasteiger partial charge in [0.15, 0.2) is 16.8 Å². The lowest BCUT2D eigenvalue weighted by atomic mass is 10.1. The molecule has 0 fully saturated rings. The third kappa shape index (κ3) is 4.73. The Morgan fingerprint density at radius 3 is 2.83 bits per heavy atom. The Morgan fingerprint density at radius 2 is 2.07 bits per heavy atom. The summed E-state index contributed by atoms with van der Waals surface area (Å²) >= 11 is 1.51. The van der Waals surface area contributed by atoms with Crippen molar-refractivity contribution in [3.8, 4) is 17.1 Å². The quantitative estimate of drug-likeness (QED) is 0.363. The van der Waals surface area contributed by atoms with Crippen LogP contribution in [0.25, 0.3) is 11.4 Å². The maximum atomic E-state index is 5.55. The number of ether oxygens (including phenoxy) is 1. The first-order valence-corrected chi connectivity index (χ1v) is 10.6. The highest BCUT2D eigenvalue weighted by molar-refractivity contribution is 7.98. The van der Waals surface area contributed by atoms with Gasteiger partial charge in [-0.2, -0.15) is 4.98 Å². The summed E-state index contributed by atoms with van der Waals surface area (Å²) in [5.74, 6) is 4.63. The highest BCUT2D eigenvalue weighted by atomic mass is 32.2. The summed E-state index contributed by atoms with van der Waals surface area (Å²) in [6.45, 7) is 4.76. The normalized spacial score (nSPS) is 11.3. The van der Waals surface area contributed by atoms with E-state index in [9.17, 15) is 0 Å². The molecule has 0 saturated carbocycles. The molecule has 0 atom stereocenters. The van der Waals surface area contributed by atoms with Crippen molar-refractivity contribution in [3.63, 3.8) is 0 Å². The minimum atomic E-state index is 0.466. The van der Waals surface area contributed by atoms with E-state index in [1.165, 1.54) is 11.8 Å². The van der Waals surface area contributed by atoms with Crippen molar-refractivity contribution in [2.75, 3.05) is 7.11 Å². The van der Waals surface area contributed by atoms with Crippen LogP contribution in [0.5, 0.6) is 5.75 Å². The molecule has 4 rings (SSSR count). The Bertz CT molecular complexity index is 1090. The molecule has 0 unspecified atom stereocenters. The molecule has 156 valence electrons. The van der Waals surface area contributed by atoms with Gasteiger partial charge >= 0.3 is 0 Å². The Kier molecular flexibility index (Phi) is 6.18. The first kappa shape index (κ1) is 20.2. The summed E-state index contributed by atoms with van der Waals surface area (Å²) in [7, 11) is 1.65. The molecule has 0 saturated heterocycles. The van der Waals surface area contributed by atoms with E-state index in [0.29, 0.717) is 29.9 Å². The first-order chi connectivity index (χ1) is 14.6. The van der Waals surface area contributed by atoms with Crippen molar-refractivity contribution in [1.82, 2.24) is 24.9 Å². The maximum Gasteiger partial charge on any atom is 0.226 e. The molecule has 3 aromatic heterocycles. The molecule has 9 heteroatoms. The number of nitrogens with zero attached hydrogens (tertiary/aromatic N) is 5. The van der Waals surface area contributed by atoms with Crippen LogP contribution in [0, 0.1) is 5.92 Å². The fourth-order valence-electron chi connectivity index (χ4n) is 2.98. The van der Waals surface area contributed by atoms with Crippen LogP contribution in [0.3, 0.4) is 0 Å². The zero-order valence-corrected chi connectivity index (χ0v) is 17.9. The lowest BCUT2D eigenvalue weighted by Gasteiger charge is -2.09. The molecule has 0 aliphatic carbocycles. The zero-order chi connectivity index (χ0) is 20.9. The number of hydrogen-bond acceptors (Lipinski definition) is 8. The second kappa shape index (κ2) is 9.17. The molecular weight excluding hydrogens is 402 g/mol. The summed E-state index contributed by atoms with van der Waals surface area (Å²) in [5, 5.41) is 13.7. The third-order valence-corrected chi connectivity index (χ3v) is 5.32. The second-order valence-electron chi connectivity index (χ2n) is 7.19. The van der Waals surface area contributed by atoms with E-state index >= 15 is 0 Å². The van der Waals surface area contributed by atoms with E-state index in [2.05, 4.69) is 34.2 Å². The summed E-state index contributed by atoms with van der Waals surface area (Å²) in [6.07, 6.45) is 2.43. The molecule has 0 radical (unpaired) electrons. The molecule has 0 N–H and O–H groups in total. The van der Waals surface area contributed by atoms with Gasteiger partial charge in [-0.1, -0.05) is 42.9 Å². The summed E-state index contributed by atoms with van der Waals surface area (Å²) < 4.78 is 18.3. The fraction of sp³-hybridized carbons (Fsp3) is 0.333. The predicted molar refractivity (Wildman–Crippen MR) is 112 cm³/mol. The first-order valence-electron chi connectivity index (χ1n) is 9.66. The topological polar surface area (TPSA) is 92.0 Å². The molecule has 0 amide bonds. The highest BCUT2D eigenvalue weighted by Gasteiger charge is 2.18. The average molecular weight is 426 g/mol. The van der Waals surface area contributed by atoms with Crippen LogP contribution in [-0.2, 0) is 18.7 Å². The average Bonchev–Trinajstić information content (AvgIpc) is 3.48. The molecule has 30 heavy (non-hydrogen) atoms. The van der Waals surface area contributed by atoms with Gasteiger partial charge in [0.2, 0.25) is 5.89 Å². The molecule has 8 nitrogen and oxygen atoms in total. The van der Waals surface area contributed by atoms with Crippen molar-refractivity contribution in [2.24, 2.45) is 5.92 Å². The Balaban J connectivity index is 1.59. The van der Waals surface area contributed by atoms with Crippen LogP contribution >= 0.6 is 11.8 Å². The second-order valence-corrected chi connectivity index (χ2v) is 8.14. The van der Waals surface area contributed by atoms with Crippen LogP contribution < -0.4 is 4.74 Å². The van der Waals surface area contributed by atoms with Gasteiger partial charge in [0.25, 0.3) is 0 Å². The van der Waals surface area contributed by atoms with Gasteiger partial charge in [-0.25, -0.2) is 0 Å². The van der Waals surface area contributed by atoms with Gasteiger partial charge in [-0.05, 0) is 30.2 Å². The van der Waals surface area contributed by atoms with Crippen LogP contribution in [-0.4, -0.2) is 32.0 Å². The number of benzene rings is 1. The van der Waals surface area contributed by atoms with E-state index in [1.54, 1.807) is 13.4 Å². The van der Waals surface area contributed by atoms with Crippen molar-refractivity contribution in [1.29, 1.82) is 0 Å². The summed E-state index contributed by atoms with van der Waals surface area (Å²) in [5.41, 5.74) is 0.916. The van der Waals surface area contributed by atoms with Crippen LogP contribution in [0.2, 0.25) is 0 Å². The van der Waals surface area contributed by atoms with Crippen molar-refractivity contribution in [3.05, 3.63) is 60.1 Å². The lowest BCUT2D eigenvalue weighted by Crippen LogP contribution is -2.04. The number of methoxy groups -OCH3 is 1. The van der Waals surface area contributed by atoms with E-state index in [1.807, 2.05) is 41.0 Å². The largest absolute Gasteiger partial charge is 0.497 e. The summed E-state index contributed by atoms with van der Waals surface area (Å²) in [6, 6.07) is 11.6. The van der Waals surface area contributed by atoms with E-state index in [4.69, 9.17) is 13.7 Å². The molecule has 3 heterocycles. The van der Waals surface area contributed by atoms with Crippen molar-refractivity contribution < 1.29 is 13.7 Å². The van der Waals surface area contributed by atoms with Crippen molar-refractivity contribution >= 4 is 11.8 Å². The molecule has 0 spiro atoms. The van der Waals surface area contributed by atoms with Crippen molar-refractivity contribution in [2.45, 2.75) is 37.7 Å². The van der Waals surface area contributed by atoms with Gasteiger partial charge in [0.05, 0.1) is 25.7 Å². The SMILES string of the molecule is COc1cccc(-c2nnc(SCc3noc(CC(C)C)n3)n2Cc2ccco2)c1. The number of thioether (sulfide) groups is 1. The van der Waals surface area contributed by atoms with E-state index < -0.39 is 0 Å². The number of aromatic nitrogens is 5. The number of furan rings is 1. The van der Waals surface area contributed by atoms with Gasteiger partial charge in [0, 0.05) is 12.0 Å². The number of hydrogen-bond donors (Lipinski definition) is 0. The van der Waals surface area contributed by atoms with Gasteiger partial charge in [-0.3, -0.25) is 4.57 Å². The van der Waals surface area contributed by atoms with Gasteiger partial charge < -0.3 is 13.7 Å². The molecule has 1 aromatic carbocycles. The molecule has 4 aromatic rings. The molecule has 0 bridgehead atoms. The third-order valence-electron chi connectivity index (χ3n) is 4.36. The van der Waals surface area contributed by atoms with Crippen LogP contribution in [0.15, 0.2) is 56.8 Å². The zero-order valence-electron chi connectivity index (χ0n) is 17.1. The monoisotopic (exact) mass is 425 g/mol. The maximum absolute atomic E-state index is 5.55. The Labute approximate surface area is 178 Å². The molecule has 0 aliphatic heterocycles. The molecule has 0 aliphatic rings. The van der Waals surface area contributed by atoms with Crippen LogP contribution in [0.4, 0.5) is 0 Å². The van der Waals surface area contributed by atoms with E-state index in [0.717, 1.165) is 34.5 Å².